The van der Waals surface area contributed by atoms with Gasteiger partial charge in [0.2, 0.25) is 0 Å². The van der Waals surface area contributed by atoms with Gasteiger partial charge < -0.3 is 15.1 Å². The number of rotatable bonds is 3. The Bertz CT molecular complexity index is 723. The van der Waals surface area contributed by atoms with Crippen LogP contribution in [0.4, 0.5) is 8.78 Å². The van der Waals surface area contributed by atoms with E-state index in [-0.39, 0.29) is 17.5 Å². The highest BCUT2D eigenvalue weighted by Crippen LogP contribution is 2.39. The highest BCUT2D eigenvalue weighted by molar-refractivity contribution is 7.80. The lowest BCUT2D eigenvalue weighted by atomic mass is 9.93. The minimum absolute atomic E-state index is 0.181. The molecule has 2 aliphatic rings. The average Bonchev–Trinajstić information content (AvgIpc) is 3.31. The number of amides is 1. The quantitative estimate of drug-likeness (QED) is 0.850. The lowest BCUT2D eigenvalue weighted by Crippen LogP contribution is -2.50. The van der Waals surface area contributed by atoms with Gasteiger partial charge in [0, 0.05) is 25.8 Å². The van der Waals surface area contributed by atoms with Crippen molar-refractivity contribution in [3.05, 3.63) is 46.7 Å². The van der Waals surface area contributed by atoms with Crippen molar-refractivity contribution in [2.75, 3.05) is 14.1 Å². The van der Waals surface area contributed by atoms with Crippen molar-refractivity contribution in [3.63, 3.8) is 0 Å². The summed E-state index contributed by atoms with van der Waals surface area (Å²) in [6, 6.07) is 2.98. The molecule has 1 heterocycles. The molecular weight excluding hydrogens is 332 g/mol. The first-order valence-electron chi connectivity index (χ1n) is 7.79. The van der Waals surface area contributed by atoms with Crippen molar-refractivity contribution in [1.82, 2.24) is 15.1 Å². The summed E-state index contributed by atoms with van der Waals surface area (Å²) in [4.78, 5) is 16.0. The van der Waals surface area contributed by atoms with Gasteiger partial charge in [0.15, 0.2) is 5.11 Å². The summed E-state index contributed by atoms with van der Waals surface area (Å²) < 4.78 is 28.6. The van der Waals surface area contributed by atoms with E-state index in [0.717, 1.165) is 12.8 Å². The maximum atomic E-state index is 14.3. The molecule has 4 nitrogen and oxygen atoms in total. The topological polar surface area (TPSA) is 35.6 Å². The molecule has 1 N–H and O–H groups in total. The van der Waals surface area contributed by atoms with Crippen LogP contribution in [0.2, 0.25) is 0 Å². The van der Waals surface area contributed by atoms with Crippen molar-refractivity contribution in [2.45, 2.75) is 31.8 Å². The number of hydrogen-bond acceptors (Lipinski definition) is 2. The van der Waals surface area contributed by atoms with Gasteiger partial charge in [0.1, 0.15) is 11.6 Å². The first kappa shape index (κ1) is 16.8. The number of nitrogens with one attached hydrogen (secondary N) is 1. The number of carbonyl (C=O) groups excluding carboxylic acids is 1. The Balaban J connectivity index is 2.17. The SMILES string of the molecule is CC1=C(C(=O)N(C)C)C(c2c(F)cccc2F)NC(=S)N1C1CC1. The zero-order valence-corrected chi connectivity index (χ0v) is 14.6. The van der Waals surface area contributed by atoms with Gasteiger partial charge in [-0.1, -0.05) is 6.07 Å². The molecule has 1 fully saturated rings. The van der Waals surface area contributed by atoms with Gasteiger partial charge in [-0.05, 0) is 44.1 Å². The second-order valence-electron chi connectivity index (χ2n) is 6.32. The monoisotopic (exact) mass is 351 g/mol. The van der Waals surface area contributed by atoms with Crippen LogP contribution in [-0.4, -0.2) is 41.0 Å². The third-order valence-corrected chi connectivity index (χ3v) is 4.68. The largest absolute Gasteiger partial charge is 0.351 e. The molecule has 0 saturated heterocycles. The molecule has 1 aromatic rings. The van der Waals surface area contributed by atoms with Gasteiger partial charge in [0.25, 0.3) is 5.91 Å². The maximum Gasteiger partial charge on any atom is 0.253 e. The van der Waals surface area contributed by atoms with Crippen LogP contribution < -0.4 is 5.32 Å². The van der Waals surface area contributed by atoms with E-state index in [9.17, 15) is 13.6 Å². The molecule has 0 spiro atoms. The van der Waals surface area contributed by atoms with Crippen LogP contribution in [0.3, 0.4) is 0 Å². The van der Waals surface area contributed by atoms with Crippen molar-refractivity contribution < 1.29 is 13.6 Å². The molecule has 1 aromatic carbocycles. The number of halogens is 2. The summed E-state index contributed by atoms with van der Waals surface area (Å²) in [6.07, 6.45) is 1.97. The third-order valence-electron chi connectivity index (χ3n) is 4.36. The van der Waals surface area contributed by atoms with Crippen LogP contribution in [0.15, 0.2) is 29.5 Å². The molecule has 0 radical (unpaired) electrons. The van der Waals surface area contributed by atoms with E-state index in [1.807, 2.05) is 4.90 Å². The molecule has 0 aromatic heterocycles. The summed E-state index contributed by atoms with van der Waals surface area (Å²) in [5.41, 5.74) is 0.803. The molecule has 0 bridgehead atoms. The Kier molecular flexibility index (Phi) is 4.29. The third kappa shape index (κ3) is 2.77. The lowest BCUT2D eigenvalue weighted by Gasteiger charge is -2.38. The van der Waals surface area contributed by atoms with Crippen LogP contribution in [0.25, 0.3) is 0 Å². The minimum Gasteiger partial charge on any atom is -0.351 e. The average molecular weight is 351 g/mol. The van der Waals surface area contributed by atoms with Gasteiger partial charge in [-0.3, -0.25) is 4.79 Å². The molecular formula is C17H19F2N3OS. The fraction of sp³-hybridized carbons (Fsp3) is 0.412. The molecule has 24 heavy (non-hydrogen) atoms. The fourth-order valence-electron chi connectivity index (χ4n) is 3.05. The predicted molar refractivity (Wildman–Crippen MR) is 91.1 cm³/mol. The second-order valence-corrected chi connectivity index (χ2v) is 6.70. The number of carbonyl (C=O) groups is 1. The molecule has 1 aliphatic heterocycles. The van der Waals surface area contributed by atoms with Gasteiger partial charge in [-0.15, -0.1) is 0 Å². The second kappa shape index (κ2) is 6.12. The van der Waals surface area contributed by atoms with E-state index < -0.39 is 17.7 Å². The number of hydrogen-bond donors (Lipinski definition) is 1. The summed E-state index contributed by atoms with van der Waals surface area (Å²) in [6.45, 7) is 1.79. The fourth-order valence-corrected chi connectivity index (χ4v) is 3.45. The lowest BCUT2D eigenvalue weighted by molar-refractivity contribution is -0.125. The molecule has 1 atom stereocenters. The Morgan fingerprint density at radius 3 is 2.38 bits per heavy atom. The Labute approximate surface area is 145 Å². The molecule has 128 valence electrons. The van der Waals surface area contributed by atoms with Gasteiger partial charge >= 0.3 is 0 Å². The normalized spacial score (nSPS) is 21.0. The summed E-state index contributed by atoms with van der Waals surface area (Å²) in [5, 5.41) is 3.37. The zero-order chi connectivity index (χ0) is 17.6. The maximum absolute atomic E-state index is 14.3. The molecule has 1 amide bonds. The molecule has 3 rings (SSSR count). The van der Waals surface area contributed by atoms with Crippen molar-refractivity contribution in [1.29, 1.82) is 0 Å². The number of thiocarbonyl (C=S) groups is 1. The number of allylic oxidation sites excluding steroid dienone is 1. The van der Waals surface area contributed by atoms with Crippen LogP contribution >= 0.6 is 12.2 Å². The van der Waals surface area contributed by atoms with E-state index in [2.05, 4.69) is 5.32 Å². The Morgan fingerprint density at radius 1 is 1.29 bits per heavy atom. The minimum atomic E-state index is -0.941. The van der Waals surface area contributed by atoms with Gasteiger partial charge in [-0.2, -0.15) is 0 Å². The van der Waals surface area contributed by atoms with Crippen LogP contribution in [0, 0.1) is 11.6 Å². The highest BCUT2D eigenvalue weighted by atomic mass is 32.1. The number of benzene rings is 1. The molecule has 1 saturated carbocycles. The highest BCUT2D eigenvalue weighted by Gasteiger charge is 2.42. The summed E-state index contributed by atoms with van der Waals surface area (Å²) in [7, 11) is 3.23. The number of nitrogens with zero attached hydrogens (tertiary/aromatic N) is 2. The van der Waals surface area contributed by atoms with Crippen molar-refractivity contribution >= 4 is 23.2 Å². The molecule has 1 aliphatic carbocycles. The summed E-state index contributed by atoms with van der Waals surface area (Å²) >= 11 is 5.40. The standard InChI is InChI=1S/C17H19F2N3OS/c1-9-13(16(23)21(2)3)15(14-11(18)5-4-6-12(14)19)20-17(24)22(9)10-7-8-10/h4-6,10,15H,7-8H2,1-3H3,(H,20,24). The number of likely N-dealkylation sites (N-methyl/N-ethyl adjacent to an activating group) is 1. The van der Waals surface area contributed by atoms with Crippen LogP contribution in [0.1, 0.15) is 31.4 Å². The smallest absolute Gasteiger partial charge is 0.253 e. The molecule has 1 unspecified atom stereocenters. The van der Waals surface area contributed by atoms with E-state index in [0.29, 0.717) is 16.4 Å². The van der Waals surface area contributed by atoms with E-state index in [4.69, 9.17) is 12.2 Å². The molecule has 7 heteroatoms. The zero-order valence-electron chi connectivity index (χ0n) is 13.8. The van der Waals surface area contributed by atoms with Gasteiger partial charge in [-0.25, -0.2) is 8.78 Å². The van der Waals surface area contributed by atoms with Crippen molar-refractivity contribution in [3.8, 4) is 0 Å². The predicted octanol–water partition coefficient (Wildman–Crippen LogP) is 2.72. The summed E-state index contributed by atoms with van der Waals surface area (Å²) in [5.74, 6) is -1.69. The first-order valence-corrected chi connectivity index (χ1v) is 8.19. The first-order chi connectivity index (χ1) is 11.3. The van der Waals surface area contributed by atoms with Gasteiger partial charge in [0.05, 0.1) is 17.2 Å². The van der Waals surface area contributed by atoms with Crippen molar-refractivity contribution in [2.24, 2.45) is 0 Å². The Hall–Kier alpha value is -2.02. The van der Waals surface area contributed by atoms with Crippen LogP contribution in [-0.2, 0) is 4.79 Å². The van der Waals surface area contributed by atoms with E-state index in [1.165, 1.54) is 23.1 Å². The van der Waals surface area contributed by atoms with E-state index in [1.54, 1.807) is 21.0 Å². The van der Waals surface area contributed by atoms with Crippen LogP contribution in [0.5, 0.6) is 0 Å². The van der Waals surface area contributed by atoms with E-state index >= 15 is 0 Å². The Morgan fingerprint density at radius 2 is 1.88 bits per heavy atom.